The molecule has 1 aliphatic heterocycles. The lowest BCUT2D eigenvalue weighted by molar-refractivity contribution is -0.148. The number of rotatable bonds is 7. The van der Waals surface area contributed by atoms with E-state index in [0.717, 1.165) is 25.7 Å². The van der Waals surface area contributed by atoms with Gasteiger partial charge in [0.2, 0.25) is 11.8 Å². The molecule has 0 spiro atoms. The van der Waals surface area contributed by atoms with Gasteiger partial charge in [-0.3, -0.25) is 28.9 Å². The minimum Gasteiger partial charge on any atom is -0.456 e. The van der Waals surface area contributed by atoms with E-state index in [1.165, 1.54) is 11.8 Å². The Morgan fingerprint density at radius 3 is 2.17 bits per heavy atom. The number of fused-ring (bicyclic) bond motifs is 1. The summed E-state index contributed by atoms with van der Waals surface area (Å²) in [6.45, 7) is 0.961. The number of hydrogen-bond acceptors (Lipinski definition) is 6. The van der Waals surface area contributed by atoms with Crippen LogP contribution in [-0.4, -0.2) is 47.5 Å². The minimum atomic E-state index is -0.650. The zero-order valence-electron chi connectivity index (χ0n) is 16.3. The van der Waals surface area contributed by atoms with E-state index in [1.54, 1.807) is 24.3 Å². The van der Waals surface area contributed by atoms with Crippen LogP contribution in [0.5, 0.6) is 0 Å². The van der Waals surface area contributed by atoms with Gasteiger partial charge in [-0.15, -0.1) is 0 Å². The maximum atomic E-state index is 12.4. The number of Topliss-reactive ketones (excluding diaryl/α,β-unsaturated/α-hetero) is 1. The number of hydrogen-bond donors (Lipinski definition) is 1. The highest BCUT2D eigenvalue weighted by atomic mass is 16.5. The molecule has 1 aromatic rings. The third-order valence-corrected chi connectivity index (χ3v) is 5.41. The third kappa shape index (κ3) is 4.88. The maximum absolute atomic E-state index is 12.4. The average molecular weight is 400 g/mol. The molecule has 8 heteroatoms. The van der Waals surface area contributed by atoms with Crippen molar-refractivity contribution < 1.29 is 28.7 Å². The summed E-state index contributed by atoms with van der Waals surface area (Å²) >= 11 is 0. The van der Waals surface area contributed by atoms with Crippen LogP contribution in [0.15, 0.2) is 24.3 Å². The van der Waals surface area contributed by atoms with Crippen molar-refractivity contribution in [1.82, 2.24) is 4.90 Å². The van der Waals surface area contributed by atoms with E-state index in [4.69, 9.17) is 4.74 Å². The van der Waals surface area contributed by atoms with Crippen LogP contribution in [-0.2, 0) is 23.9 Å². The van der Waals surface area contributed by atoms with Crippen molar-refractivity contribution in [1.29, 1.82) is 0 Å². The highest BCUT2D eigenvalue weighted by Crippen LogP contribution is 2.37. The van der Waals surface area contributed by atoms with Gasteiger partial charge >= 0.3 is 5.97 Å². The van der Waals surface area contributed by atoms with Crippen molar-refractivity contribution in [2.45, 2.75) is 39.0 Å². The predicted molar refractivity (Wildman–Crippen MR) is 103 cm³/mol. The van der Waals surface area contributed by atoms with E-state index in [0.29, 0.717) is 11.3 Å². The fourth-order valence-corrected chi connectivity index (χ4v) is 3.86. The molecule has 1 heterocycles. The summed E-state index contributed by atoms with van der Waals surface area (Å²) in [7, 11) is 0. The van der Waals surface area contributed by atoms with Crippen LogP contribution in [0.4, 0.5) is 5.69 Å². The first-order valence-electron chi connectivity index (χ1n) is 9.78. The SMILES string of the molecule is CC(=O)c1ccc(NC(=O)COC(=O)CCN2C(=O)[C@H]3CCCC[C@H]3C2=O)cc1. The van der Waals surface area contributed by atoms with E-state index >= 15 is 0 Å². The molecule has 1 aromatic carbocycles. The van der Waals surface area contributed by atoms with Crippen molar-refractivity contribution >= 4 is 35.2 Å². The van der Waals surface area contributed by atoms with Crippen molar-refractivity contribution in [2.75, 3.05) is 18.5 Å². The van der Waals surface area contributed by atoms with Crippen LogP contribution in [0.25, 0.3) is 0 Å². The first kappa shape index (κ1) is 20.7. The molecule has 1 saturated carbocycles. The first-order valence-corrected chi connectivity index (χ1v) is 9.78. The summed E-state index contributed by atoms with van der Waals surface area (Å²) in [6, 6.07) is 6.35. The molecule has 1 saturated heterocycles. The summed E-state index contributed by atoms with van der Waals surface area (Å²) in [5.74, 6) is -2.12. The zero-order valence-corrected chi connectivity index (χ0v) is 16.3. The number of anilines is 1. The number of amides is 3. The summed E-state index contributed by atoms with van der Waals surface area (Å²) in [6.07, 6.45) is 3.20. The van der Waals surface area contributed by atoms with Crippen LogP contribution in [0.2, 0.25) is 0 Å². The van der Waals surface area contributed by atoms with Crippen LogP contribution >= 0.6 is 0 Å². The van der Waals surface area contributed by atoms with Gasteiger partial charge in [0.15, 0.2) is 12.4 Å². The molecule has 2 aliphatic rings. The van der Waals surface area contributed by atoms with Crippen molar-refractivity contribution in [3.05, 3.63) is 29.8 Å². The summed E-state index contributed by atoms with van der Waals surface area (Å²) in [5, 5.41) is 2.56. The second-order valence-corrected chi connectivity index (χ2v) is 7.42. The normalized spacial score (nSPS) is 20.9. The largest absolute Gasteiger partial charge is 0.456 e. The first-order chi connectivity index (χ1) is 13.9. The van der Waals surface area contributed by atoms with Gasteiger partial charge in [0.25, 0.3) is 5.91 Å². The molecule has 154 valence electrons. The van der Waals surface area contributed by atoms with Crippen LogP contribution in [0, 0.1) is 11.8 Å². The van der Waals surface area contributed by atoms with Crippen LogP contribution in [0.3, 0.4) is 0 Å². The molecule has 2 fully saturated rings. The Labute approximate surface area is 168 Å². The van der Waals surface area contributed by atoms with E-state index in [1.807, 2.05) is 0 Å². The van der Waals surface area contributed by atoms with Gasteiger partial charge in [-0.1, -0.05) is 12.8 Å². The molecule has 3 rings (SSSR count). The van der Waals surface area contributed by atoms with Gasteiger partial charge in [-0.25, -0.2) is 0 Å². The lowest BCUT2D eigenvalue weighted by Crippen LogP contribution is -2.33. The number of carbonyl (C=O) groups is 5. The number of imide groups is 1. The van der Waals surface area contributed by atoms with Gasteiger partial charge in [0.05, 0.1) is 18.3 Å². The molecule has 3 amide bonds. The van der Waals surface area contributed by atoms with Gasteiger partial charge < -0.3 is 10.1 Å². The molecule has 1 N–H and O–H groups in total. The van der Waals surface area contributed by atoms with Crippen molar-refractivity contribution in [3.8, 4) is 0 Å². The van der Waals surface area contributed by atoms with Gasteiger partial charge in [-0.2, -0.15) is 0 Å². The van der Waals surface area contributed by atoms with Gasteiger partial charge in [-0.05, 0) is 44.0 Å². The lowest BCUT2D eigenvalue weighted by Gasteiger charge is -2.19. The Morgan fingerprint density at radius 1 is 1.03 bits per heavy atom. The predicted octanol–water partition coefficient (Wildman–Crippen LogP) is 1.94. The smallest absolute Gasteiger partial charge is 0.308 e. The Morgan fingerprint density at radius 2 is 1.62 bits per heavy atom. The standard InChI is InChI=1S/C21H24N2O6/c1-13(24)14-6-8-15(9-7-14)22-18(25)12-29-19(26)10-11-23-20(27)16-4-2-3-5-17(16)21(23)28/h6-9,16-17H,2-5,10-12H2,1H3,(H,22,25)/t16-,17+. The molecule has 2 atom stereocenters. The Kier molecular flexibility index (Phi) is 6.41. The highest BCUT2D eigenvalue weighted by molar-refractivity contribution is 6.05. The van der Waals surface area contributed by atoms with Gasteiger partial charge in [0.1, 0.15) is 0 Å². The monoisotopic (exact) mass is 400 g/mol. The number of nitrogens with zero attached hydrogens (tertiary/aromatic N) is 1. The molecule has 0 bridgehead atoms. The molecular weight excluding hydrogens is 376 g/mol. The number of benzene rings is 1. The fourth-order valence-electron chi connectivity index (χ4n) is 3.86. The average Bonchev–Trinajstić information content (AvgIpc) is 2.95. The number of ether oxygens (including phenoxy) is 1. The van der Waals surface area contributed by atoms with E-state index in [-0.39, 0.29) is 42.4 Å². The molecular formula is C21H24N2O6. The zero-order chi connectivity index (χ0) is 21.0. The molecule has 1 aliphatic carbocycles. The molecule has 0 unspecified atom stereocenters. The van der Waals surface area contributed by atoms with E-state index in [2.05, 4.69) is 5.32 Å². The summed E-state index contributed by atoms with van der Waals surface area (Å²) in [5.41, 5.74) is 1.01. The number of ketones is 1. The van der Waals surface area contributed by atoms with Gasteiger partial charge in [0, 0.05) is 17.8 Å². The Hall–Kier alpha value is -3.03. The quantitative estimate of drug-likeness (QED) is 0.425. The molecule has 8 nitrogen and oxygen atoms in total. The Bertz CT molecular complexity index is 808. The van der Waals surface area contributed by atoms with Crippen LogP contribution in [0.1, 0.15) is 49.4 Å². The van der Waals surface area contributed by atoms with Crippen LogP contribution < -0.4 is 5.32 Å². The summed E-state index contributed by atoms with van der Waals surface area (Å²) in [4.78, 5) is 60.9. The molecule has 0 aromatic heterocycles. The fraction of sp³-hybridized carbons (Fsp3) is 0.476. The topological polar surface area (TPSA) is 110 Å². The van der Waals surface area contributed by atoms with E-state index in [9.17, 15) is 24.0 Å². The second-order valence-electron chi connectivity index (χ2n) is 7.42. The summed E-state index contributed by atoms with van der Waals surface area (Å²) < 4.78 is 4.93. The molecule has 29 heavy (non-hydrogen) atoms. The number of esters is 1. The second kappa shape index (κ2) is 8.98. The minimum absolute atomic E-state index is 0.0162. The third-order valence-electron chi connectivity index (χ3n) is 5.41. The van der Waals surface area contributed by atoms with Crippen molar-refractivity contribution in [2.24, 2.45) is 11.8 Å². The van der Waals surface area contributed by atoms with Crippen molar-refractivity contribution in [3.63, 3.8) is 0 Å². The number of carbonyl (C=O) groups excluding carboxylic acids is 5. The maximum Gasteiger partial charge on any atom is 0.308 e. The molecule has 0 radical (unpaired) electrons. The Balaban J connectivity index is 1.41. The highest BCUT2D eigenvalue weighted by Gasteiger charge is 2.47. The number of likely N-dealkylation sites (tertiary alicyclic amines) is 1. The lowest BCUT2D eigenvalue weighted by atomic mass is 9.81. The number of nitrogens with one attached hydrogen (secondary N) is 1. The van der Waals surface area contributed by atoms with E-state index < -0.39 is 18.5 Å².